The van der Waals surface area contributed by atoms with E-state index in [2.05, 4.69) is 19.4 Å². The van der Waals surface area contributed by atoms with E-state index in [1.165, 1.54) is 25.3 Å². The molecule has 0 atom stereocenters. The van der Waals surface area contributed by atoms with E-state index in [-0.39, 0.29) is 33.1 Å². The summed E-state index contributed by atoms with van der Waals surface area (Å²) in [5, 5.41) is 0.412. The number of aromatic amines is 1. The van der Waals surface area contributed by atoms with Gasteiger partial charge in [0.1, 0.15) is 5.75 Å². The number of carbonyl (C=O) groups is 1. The van der Waals surface area contributed by atoms with Gasteiger partial charge in [-0.1, -0.05) is 11.6 Å². The number of hydrogen-bond acceptors (Lipinski definition) is 5. The van der Waals surface area contributed by atoms with Gasteiger partial charge in [-0.2, -0.15) is 8.78 Å². The monoisotopic (exact) mass is 434 g/mol. The molecule has 0 saturated heterocycles. The third-order valence-corrected chi connectivity index (χ3v) is 4.62. The molecule has 0 bridgehead atoms. The Kier molecular flexibility index (Phi) is 6.17. The van der Waals surface area contributed by atoms with Gasteiger partial charge in [-0.25, -0.2) is 9.78 Å². The normalized spacial score (nSPS) is 11.8. The summed E-state index contributed by atoms with van der Waals surface area (Å²) in [6.45, 7) is 0.357. The Morgan fingerprint density at radius 2 is 1.87 bits per heavy atom. The van der Waals surface area contributed by atoms with Gasteiger partial charge in [0, 0.05) is 0 Å². The fourth-order valence-electron chi connectivity index (χ4n) is 3.05. The third kappa shape index (κ3) is 4.49. The zero-order valence-corrected chi connectivity index (χ0v) is 17.0. The van der Waals surface area contributed by atoms with Gasteiger partial charge in [0.15, 0.2) is 5.82 Å². The molecule has 0 saturated carbocycles. The van der Waals surface area contributed by atoms with Crippen LogP contribution in [0.15, 0.2) is 35.1 Å². The Balaban J connectivity index is 2.03. The highest BCUT2D eigenvalue weighted by molar-refractivity contribution is 6.50. The Hall–Kier alpha value is -3.26. The van der Waals surface area contributed by atoms with Crippen molar-refractivity contribution in [3.63, 3.8) is 0 Å². The second-order valence-electron chi connectivity index (χ2n) is 6.49. The quantitative estimate of drug-likeness (QED) is 0.590. The molecule has 0 aliphatic rings. The first-order valence-electron chi connectivity index (χ1n) is 8.75. The lowest BCUT2D eigenvalue weighted by atomic mass is 10.1. The number of alkyl halides is 2. The first-order chi connectivity index (χ1) is 14.2. The molecule has 156 valence electrons. The number of ether oxygens (including phenoxy) is 2. The molecule has 1 heterocycles. The van der Waals surface area contributed by atoms with E-state index < -0.39 is 18.1 Å². The molecule has 6 nitrogen and oxygen atoms in total. The van der Waals surface area contributed by atoms with Crippen molar-refractivity contribution in [2.75, 3.05) is 7.11 Å². The second-order valence-corrected chi connectivity index (χ2v) is 6.90. The van der Waals surface area contributed by atoms with Crippen molar-refractivity contribution in [1.29, 1.82) is 0 Å². The number of rotatable bonds is 5. The van der Waals surface area contributed by atoms with Gasteiger partial charge in [0.25, 0.3) is 5.56 Å². The fraction of sp³-hybridized carbons (Fsp3) is 0.190. The molecule has 0 aliphatic heterocycles. The lowest BCUT2D eigenvalue weighted by Gasteiger charge is -2.12. The predicted octanol–water partition coefficient (Wildman–Crippen LogP) is 4.66. The lowest BCUT2D eigenvalue weighted by Crippen LogP contribution is -2.11. The summed E-state index contributed by atoms with van der Waals surface area (Å²) in [5.74, 6) is -0.357. The van der Waals surface area contributed by atoms with Gasteiger partial charge < -0.3 is 14.5 Å². The molecule has 9 heteroatoms. The van der Waals surface area contributed by atoms with E-state index in [4.69, 9.17) is 11.6 Å². The van der Waals surface area contributed by atoms with Crippen molar-refractivity contribution in [2.45, 2.75) is 20.5 Å². The topological polar surface area (TPSA) is 81.3 Å². The van der Waals surface area contributed by atoms with Gasteiger partial charge in [-0.3, -0.25) is 4.79 Å². The summed E-state index contributed by atoms with van der Waals surface area (Å²) < 4.78 is 34.3. The van der Waals surface area contributed by atoms with Crippen molar-refractivity contribution >= 4 is 39.6 Å². The number of aryl methyl sites for hydroxylation is 2. The molecule has 0 radical (unpaired) electrons. The maximum absolute atomic E-state index is 12.6. The van der Waals surface area contributed by atoms with Crippen LogP contribution in [0.2, 0.25) is 0 Å². The van der Waals surface area contributed by atoms with Gasteiger partial charge in [0.05, 0.1) is 28.6 Å². The molecule has 30 heavy (non-hydrogen) atoms. The average molecular weight is 435 g/mol. The van der Waals surface area contributed by atoms with Crippen LogP contribution in [0.5, 0.6) is 5.75 Å². The lowest BCUT2D eigenvalue weighted by molar-refractivity contribution is -0.0507. The average Bonchev–Trinajstić information content (AvgIpc) is 2.69. The van der Waals surface area contributed by atoms with Gasteiger partial charge in [0.2, 0.25) is 0 Å². The number of hydrogen-bond donors (Lipinski definition) is 1. The third-order valence-electron chi connectivity index (χ3n) is 4.34. The highest BCUT2D eigenvalue weighted by Gasteiger charge is 2.13. The maximum atomic E-state index is 12.6. The van der Waals surface area contributed by atoms with E-state index in [1.54, 1.807) is 32.1 Å². The molecule has 1 N–H and O–H groups in total. The molecular weight excluding hydrogens is 418 g/mol. The number of carbonyl (C=O) groups excluding carboxylic acids is 1. The van der Waals surface area contributed by atoms with Crippen molar-refractivity contribution in [1.82, 2.24) is 9.97 Å². The number of esters is 1. The van der Waals surface area contributed by atoms with Gasteiger partial charge in [-0.15, -0.1) is 0 Å². The van der Waals surface area contributed by atoms with Crippen LogP contribution in [-0.2, 0) is 4.74 Å². The summed E-state index contributed by atoms with van der Waals surface area (Å²) in [7, 11) is 1.25. The minimum Gasteiger partial charge on any atom is -0.465 e. The summed E-state index contributed by atoms with van der Waals surface area (Å²) in [6, 6.07) is 7.64. The largest absolute Gasteiger partial charge is 0.465 e. The van der Waals surface area contributed by atoms with E-state index in [1.807, 2.05) is 0 Å². The summed E-state index contributed by atoms with van der Waals surface area (Å²) in [4.78, 5) is 31.0. The first kappa shape index (κ1) is 21.4. The van der Waals surface area contributed by atoms with Crippen LogP contribution in [0.1, 0.15) is 32.9 Å². The minimum absolute atomic E-state index is 0.0967. The number of nitrogens with zero attached hydrogens (tertiary/aromatic N) is 1. The number of fused-ring (bicyclic) bond motifs is 1. The molecule has 0 amide bonds. The number of methoxy groups -OCH3 is 1. The number of benzene rings is 2. The number of H-pyrrole nitrogens is 1. The molecule has 3 rings (SSSR count). The standard InChI is InChI=1S/C21H17ClF2N2O4/c1-10-6-12(7-11(2)17(10)30-21(23)24)8-15(22)18-25-16-9-13(20(28)29-3)4-5-14(16)19(27)26-18/h4-9,21H,1-3H3,(H,25,26,27)/b15-8-. The zero-order chi connectivity index (χ0) is 22.0. The van der Waals surface area contributed by atoms with Crippen molar-refractivity contribution in [3.05, 3.63) is 68.8 Å². The van der Waals surface area contributed by atoms with Crippen molar-refractivity contribution < 1.29 is 23.0 Å². The van der Waals surface area contributed by atoms with E-state index in [9.17, 15) is 18.4 Å². The summed E-state index contributed by atoms with van der Waals surface area (Å²) >= 11 is 6.36. The highest BCUT2D eigenvalue weighted by atomic mass is 35.5. The van der Waals surface area contributed by atoms with Crippen LogP contribution in [0.4, 0.5) is 8.78 Å². The Labute approximate surface area is 175 Å². The van der Waals surface area contributed by atoms with Crippen LogP contribution in [0, 0.1) is 13.8 Å². The molecule has 3 aromatic rings. The number of aromatic nitrogens is 2. The Bertz CT molecular complexity index is 1200. The van der Waals surface area contributed by atoms with Crippen molar-refractivity contribution in [3.8, 4) is 5.75 Å². The number of halogens is 3. The smallest absolute Gasteiger partial charge is 0.387 e. The molecule has 2 aromatic carbocycles. The highest BCUT2D eigenvalue weighted by Crippen LogP contribution is 2.29. The second kappa shape index (κ2) is 8.62. The van der Waals surface area contributed by atoms with Crippen LogP contribution in [0.25, 0.3) is 22.0 Å². The number of nitrogens with one attached hydrogen (secondary N) is 1. The summed E-state index contributed by atoms with van der Waals surface area (Å²) in [5.41, 5.74) is 1.72. The van der Waals surface area contributed by atoms with E-state index >= 15 is 0 Å². The zero-order valence-electron chi connectivity index (χ0n) is 16.3. The summed E-state index contributed by atoms with van der Waals surface area (Å²) in [6.07, 6.45) is 1.54. The van der Waals surface area contributed by atoms with Crippen molar-refractivity contribution in [2.24, 2.45) is 0 Å². The van der Waals surface area contributed by atoms with Crippen LogP contribution in [0.3, 0.4) is 0 Å². The van der Waals surface area contributed by atoms with E-state index in [0.717, 1.165) is 0 Å². The molecular formula is C21H17ClF2N2O4. The molecule has 0 fully saturated rings. The Morgan fingerprint density at radius 3 is 2.47 bits per heavy atom. The first-order valence-corrected chi connectivity index (χ1v) is 9.13. The van der Waals surface area contributed by atoms with Gasteiger partial charge >= 0.3 is 12.6 Å². The van der Waals surface area contributed by atoms with Crippen LogP contribution >= 0.6 is 11.6 Å². The van der Waals surface area contributed by atoms with Gasteiger partial charge in [-0.05, 0) is 66.9 Å². The van der Waals surface area contributed by atoms with Crippen LogP contribution < -0.4 is 10.3 Å². The fourth-order valence-corrected chi connectivity index (χ4v) is 3.27. The maximum Gasteiger partial charge on any atom is 0.387 e. The van der Waals surface area contributed by atoms with Crippen LogP contribution in [-0.4, -0.2) is 29.7 Å². The molecule has 0 spiro atoms. The predicted molar refractivity (Wildman–Crippen MR) is 110 cm³/mol. The molecule has 1 aromatic heterocycles. The van der Waals surface area contributed by atoms with E-state index in [0.29, 0.717) is 16.7 Å². The molecule has 0 aliphatic carbocycles. The minimum atomic E-state index is -2.92. The Morgan fingerprint density at radius 1 is 1.20 bits per heavy atom. The SMILES string of the molecule is COC(=O)c1ccc2c(=O)[nH]c(/C(Cl)=C/c3cc(C)c(OC(F)F)c(C)c3)nc2c1. The molecule has 0 unspecified atom stereocenters.